The van der Waals surface area contributed by atoms with Crippen molar-refractivity contribution in [1.82, 2.24) is 4.31 Å². The van der Waals surface area contributed by atoms with Gasteiger partial charge in [-0.05, 0) is 81.5 Å². The molecule has 3 fully saturated rings. The molecule has 0 spiro atoms. The number of ether oxygens (including phenoxy) is 1. The van der Waals surface area contributed by atoms with Gasteiger partial charge in [-0.1, -0.05) is 0 Å². The Morgan fingerprint density at radius 1 is 1.07 bits per heavy atom. The maximum atomic E-state index is 12.9. The van der Waals surface area contributed by atoms with Gasteiger partial charge in [0.15, 0.2) is 0 Å². The van der Waals surface area contributed by atoms with E-state index in [-0.39, 0.29) is 23.0 Å². The standard InChI is InChI=1S/C21H30N2O4S/c1-14-12-23(13-15(2)27-14)28(25,26)19-9-7-18(8-10-19)22-21(24)11-20(16-3-4-16)17-5-6-17/h7-10,14-17,20H,3-6,11-13H2,1-2H3,(H,22,24). The van der Waals surface area contributed by atoms with E-state index in [0.717, 1.165) is 11.8 Å². The van der Waals surface area contributed by atoms with Gasteiger partial charge in [-0.2, -0.15) is 4.31 Å². The van der Waals surface area contributed by atoms with Crippen LogP contribution in [-0.4, -0.2) is 43.9 Å². The maximum Gasteiger partial charge on any atom is 0.243 e. The summed E-state index contributed by atoms with van der Waals surface area (Å²) >= 11 is 0. The van der Waals surface area contributed by atoms with Gasteiger partial charge in [0.05, 0.1) is 17.1 Å². The smallest absolute Gasteiger partial charge is 0.243 e. The number of morpholine rings is 1. The second-order valence-electron chi connectivity index (χ2n) is 8.69. The Balaban J connectivity index is 1.38. The first kappa shape index (κ1) is 19.9. The second kappa shape index (κ2) is 7.76. The molecule has 0 bridgehead atoms. The van der Waals surface area contributed by atoms with Gasteiger partial charge < -0.3 is 10.1 Å². The number of nitrogens with one attached hydrogen (secondary N) is 1. The molecular formula is C21H30N2O4S. The van der Waals surface area contributed by atoms with Crippen molar-refractivity contribution in [3.63, 3.8) is 0 Å². The van der Waals surface area contributed by atoms with E-state index in [4.69, 9.17) is 4.74 Å². The summed E-state index contributed by atoms with van der Waals surface area (Å²) in [5.41, 5.74) is 0.651. The number of carbonyl (C=O) groups is 1. The van der Waals surface area contributed by atoms with E-state index in [0.29, 0.717) is 31.1 Å². The molecule has 1 saturated heterocycles. The molecule has 1 amide bonds. The van der Waals surface area contributed by atoms with Crippen molar-refractivity contribution in [2.24, 2.45) is 17.8 Å². The number of benzene rings is 1. The average molecular weight is 407 g/mol. The van der Waals surface area contributed by atoms with Gasteiger partial charge in [0.2, 0.25) is 15.9 Å². The minimum Gasteiger partial charge on any atom is -0.373 e. The lowest BCUT2D eigenvalue weighted by atomic mass is 9.94. The molecule has 2 atom stereocenters. The van der Waals surface area contributed by atoms with Gasteiger partial charge in [0.1, 0.15) is 0 Å². The Labute approximate surface area is 167 Å². The van der Waals surface area contributed by atoms with E-state index in [1.54, 1.807) is 24.3 Å². The zero-order valence-corrected chi connectivity index (χ0v) is 17.5. The highest BCUT2D eigenvalue weighted by atomic mass is 32.2. The molecule has 1 aliphatic heterocycles. The van der Waals surface area contributed by atoms with Crippen molar-refractivity contribution in [3.05, 3.63) is 24.3 Å². The van der Waals surface area contributed by atoms with Crippen LogP contribution in [0.4, 0.5) is 5.69 Å². The second-order valence-corrected chi connectivity index (χ2v) is 10.6. The highest BCUT2D eigenvalue weighted by Gasteiger charge is 2.42. The largest absolute Gasteiger partial charge is 0.373 e. The van der Waals surface area contributed by atoms with Crippen molar-refractivity contribution in [2.75, 3.05) is 18.4 Å². The summed E-state index contributed by atoms with van der Waals surface area (Å²) in [4.78, 5) is 12.7. The molecule has 1 N–H and O–H groups in total. The topological polar surface area (TPSA) is 75.7 Å². The summed E-state index contributed by atoms with van der Waals surface area (Å²) in [5.74, 6) is 2.05. The fourth-order valence-electron chi connectivity index (χ4n) is 4.38. The maximum absolute atomic E-state index is 12.9. The van der Waals surface area contributed by atoms with E-state index in [9.17, 15) is 13.2 Å². The number of rotatable bonds is 7. The molecule has 28 heavy (non-hydrogen) atoms. The number of amides is 1. The zero-order chi connectivity index (χ0) is 19.9. The van der Waals surface area contributed by atoms with Crippen LogP contribution in [0.1, 0.15) is 46.0 Å². The van der Waals surface area contributed by atoms with Crippen LogP contribution in [-0.2, 0) is 19.6 Å². The Bertz CT molecular complexity index is 793. The fourth-order valence-corrected chi connectivity index (χ4v) is 5.97. The zero-order valence-electron chi connectivity index (χ0n) is 16.6. The molecule has 154 valence electrons. The Hall–Kier alpha value is -1.44. The Morgan fingerprint density at radius 3 is 2.11 bits per heavy atom. The lowest BCUT2D eigenvalue weighted by molar-refractivity contribution is -0.117. The highest BCUT2D eigenvalue weighted by Crippen LogP contribution is 2.50. The molecular weight excluding hydrogens is 376 g/mol. The molecule has 1 aromatic rings. The molecule has 2 unspecified atom stereocenters. The molecule has 2 aliphatic carbocycles. The van der Waals surface area contributed by atoms with Crippen LogP contribution in [0.2, 0.25) is 0 Å². The van der Waals surface area contributed by atoms with Crippen molar-refractivity contribution < 1.29 is 17.9 Å². The molecule has 0 aromatic heterocycles. The van der Waals surface area contributed by atoms with Gasteiger partial charge >= 0.3 is 0 Å². The van der Waals surface area contributed by atoms with E-state index < -0.39 is 10.0 Å². The molecule has 0 radical (unpaired) electrons. The van der Waals surface area contributed by atoms with Gasteiger partial charge in [-0.25, -0.2) is 8.42 Å². The van der Waals surface area contributed by atoms with Crippen LogP contribution in [0.5, 0.6) is 0 Å². The minimum absolute atomic E-state index is 0.0373. The first-order valence-electron chi connectivity index (χ1n) is 10.4. The number of sulfonamides is 1. The van der Waals surface area contributed by atoms with E-state index >= 15 is 0 Å². The molecule has 2 saturated carbocycles. The normalized spacial score (nSPS) is 26.4. The number of anilines is 1. The molecule has 1 aromatic carbocycles. The van der Waals surface area contributed by atoms with E-state index in [1.807, 2.05) is 13.8 Å². The summed E-state index contributed by atoms with van der Waals surface area (Å²) in [7, 11) is -3.56. The summed E-state index contributed by atoms with van der Waals surface area (Å²) in [6, 6.07) is 6.52. The Kier molecular flexibility index (Phi) is 5.51. The third kappa shape index (κ3) is 4.58. The summed E-state index contributed by atoms with van der Waals surface area (Å²) < 4.78 is 32.9. The van der Waals surface area contributed by atoms with Crippen LogP contribution in [0.15, 0.2) is 29.2 Å². The lowest BCUT2D eigenvalue weighted by Crippen LogP contribution is -2.48. The summed E-state index contributed by atoms with van der Waals surface area (Å²) in [5, 5.41) is 2.94. The van der Waals surface area contributed by atoms with Gasteiger partial charge in [0, 0.05) is 25.2 Å². The van der Waals surface area contributed by atoms with Crippen LogP contribution in [0, 0.1) is 17.8 Å². The monoisotopic (exact) mass is 406 g/mol. The number of nitrogens with zero attached hydrogens (tertiary/aromatic N) is 1. The number of carbonyl (C=O) groups excluding carboxylic acids is 1. The van der Waals surface area contributed by atoms with E-state index in [1.165, 1.54) is 30.0 Å². The SMILES string of the molecule is CC1CN(S(=O)(=O)c2ccc(NC(=O)CC(C3CC3)C3CC3)cc2)CC(C)O1. The fraction of sp³-hybridized carbons (Fsp3) is 0.667. The van der Waals surface area contributed by atoms with Crippen LogP contribution in [0.25, 0.3) is 0 Å². The third-order valence-electron chi connectivity index (χ3n) is 6.04. The van der Waals surface area contributed by atoms with Crippen LogP contribution < -0.4 is 5.32 Å². The predicted molar refractivity (Wildman–Crippen MR) is 107 cm³/mol. The van der Waals surface area contributed by atoms with Crippen LogP contribution >= 0.6 is 0 Å². The third-order valence-corrected chi connectivity index (χ3v) is 7.88. The highest BCUT2D eigenvalue weighted by molar-refractivity contribution is 7.89. The quantitative estimate of drug-likeness (QED) is 0.754. The predicted octanol–water partition coefficient (Wildman–Crippen LogP) is 3.25. The lowest BCUT2D eigenvalue weighted by Gasteiger charge is -2.34. The number of hydrogen-bond donors (Lipinski definition) is 1. The van der Waals surface area contributed by atoms with Gasteiger partial charge in [-0.15, -0.1) is 0 Å². The average Bonchev–Trinajstić information content (AvgIpc) is 3.54. The van der Waals surface area contributed by atoms with Gasteiger partial charge in [0.25, 0.3) is 0 Å². The first-order valence-corrected chi connectivity index (χ1v) is 11.8. The van der Waals surface area contributed by atoms with Crippen molar-refractivity contribution in [3.8, 4) is 0 Å². The minimum atomic E-state index is -3.56. The van der Waals surface area contributed by atoms with Gasteiger partial charge in [-0.3, -0.25) is 4.79 Å². The number of hydrogen-bond acceptors (Lipinski definition) is 4. The molecule has 3 aliphatic rings. The first-order chi connectivity index (χ1) is 13.3. The van der Waals surface area contributed by atoms with Crippen LogP contribution in [0.3, 0.4) is 0 Å². The molecule has 7 heteroatoms. The van der Waals surface area contributed by atoms with Crippen molar-refractivity contribution in [2.45, 2.75) is 63.1 Å². The molecule has 4 rings (SSSR count). The summed E-state index contributed by atoms with van der Waals surface area (Å²) in [6.07, 6.45) is 5.39. The molecule has 1 heterocycles. The summed E-state index contributed by atoms with van der Waals surface area (Å²) in [6.45, 7) is 4.48. The molecule has 6 nitrogen and oxygen atoms in total. The van der Waals surface area contributed by atoms with Crippen molar-refractivity contribution >= 4 is 21.6 Å². The Morgan fingerprint density at radius 2 is 1.61 bits per heavy atom. The van der Waals surface area contributed by atoms with Crippen molar-refractivity contribution in [1.29, 1.82) is 0 Å². The van der Waals surface area contributed by atoms with E-state index in [2.05, 4.69) is 5.32 Å².